The molecule has 2 aromatic rings. The molecule has 5 nitrogen and oxygen atoms in total. The van der Waals surface area contributed by atoms with E-state index in [2.05, 4.69) is 5.10 Å². The van der Waals surface area contributed by atoms with Gasteiger partial charge in [-0.3, -0.25) is 4.68 Å². The van der Waals surface area contributed by atoms with Crippen LogP contribution < -0.4 is 10.5 Å². The molecule has 0 fully saturated rings. The zero-order valence-electron chi connectivity index (χ0n) is 10.1. The van der Waals surface area contributed by atoms with E-state index in [1.807, 2.05) is 0 Å². The van der Waals surface area contributed by atoms with Gasteiger partial charge in [-0.25, -0.2) is 4.39 Å². The van der Waals surface area contributed by atoms with Gasteiger partial charge in [0.2, 0.25) is 0 Å². The Balaban J connectivity index is 2.50. The summed E-state index contributed by atoms with van der Waals surface area (Å²) in [6.07, 6.45) is 0.386. The van der Waals surface area contributed by atoms with Crippen molar-refractivity contribution < 1.29 is 14.2 Å². The van der Waals surface area contributed by atoms with Gasteiger partial charge in [0.25, 0.3) is 0 Å². The summed E-state index contributed by atoms with van der Waals surface area (Å²) in [6, 6.07) is 3.86. The maximum absolute atomic E-state index is 13.2. The third-order valence-electron chi connectivity index (χ3n) is 2.77. The minimum atomic E-state index is -1.09. The number of anilines is 1. The van der Waals surface area contributed by atoms with Crippen molar-refractivity contribution in [2.75, 3.05) is 12.8 Å². The van der Waals surface area contributed by atoms with Gasteiger partial charge in [0.15, 0.2) is 5.75 Å². The van der Waals surface area contributed by atoms with E-state index in [4.69, 9.17) is 10.5 Å². The molecule has 0 aliphatic carbocycles. The summed E-state index contributed by atoms with van der Waals surface area (Å²) in [4.78, 5) is 0. The van der Waals surface area contributed by atoms with E-state index in [0.717, 1.165) is 0 Å². The van der Waals surface area contributed by atoms with E-state index in [-0.39, 0.29) is 5.56 Å². The largest absolute Gasteiger partial charge is 0.493 e. The molecule has 1 aromatic heterocycles. The predicted molar refractivity (Wildman–Crippen MR) is 64.6 cm³/mol. The van der Waals surface area contributed by atoms with Crippen LogP contribution in [0.2, 0.25) is 0 Å². The topological polar surface area (TPSA) is 73.3 Å². The molecule has 1 atom stereocenters. The minimum absolute atomic E-state index is 0.289. The van der Waals surface area contributed by atoms with Crippen LogP contribution in [0, 0.1) is 5.82 Å². The Morgan fingerprint density at radius 1 is 1.50 bits per heavy atom. The summed E-state index contributed by atoms with van der Waals surface area (Å²) in [6.45, 7) is 0. The minimum Gasteiger partial charge on any atom is -0.493 e. The first-order chi connectivity index (χ1) is 8.54. The van der Waals surface area contributed by atoms with Gasteiger partial charge >= 0.3 is 0 Å². The molecule has 1 unspecified atom stereocenters. The number of halogens is 1. The fraction of sp³-hybridized carbons (Fsp3) is 0.250. The molecule has 0 saturated heterocycles. The van der Waals surface area contributed by atoms with Crippen molar-refractivity contribution in [1.29, 1.82) is 0 Å². The number of ether oxygens (including phenoxy) is 1. The van der Waals surface area contributed by atoms with E-state index in [1.165, 1.54) is 36.2 Å². The molecule has 96 valence electrons. The second kappa shape index (κ2) is 4.66. The summed E-state index contributed by atoms with van der Waals surface area (Å²) < 4.78 is 19.8. The predicted octanol–water partition coefficient (Wildman–Crippen LogP) is 1.23. The SMILES string of the molecule is COc1cnn(C)c1C(O)c1cc(F)ccc1N. The molecule has 1 heterocycles. The van der Waals surface area contributed by atoms with Gasteiger partial charge < -0.3 is 15.6 Å². The molecular formula is C12H14FN3O2. The summed E-state index contributed by atoms with van der Waals surface area (Å²) >= 11 is 0. The van der Waals surface area contributed by atoms with Gasteiger partial charge in [0, 0.05) is 18.3 Å². The molecule has 18 heavy (non-hydrogen) atoms. The zero-order valence-corrected chi connectivity index (χ0v) is 10.1. The molecule has 3 N–H and O–H groups in total. The highest BCUT2D eigenvalue weighted by Crippen LogP contribution is 2.32. The van der Waals surface area contributed by atoms with Crippen LogP contribution in [-0.4, -0.2) is 22.0 Å². The Kier molecular flexibility index (Phi) is 3.20. The van der Waals surface area contributed by atoms with Gasteiger partial charge in [-0.15, -0.1) is 0 Å². The van der Waals surface area contributed by atoms with E-state index >= 15 is 0 Å². The number of hydrogen-bond acceptors (Lipinski definition) is 4. The smallest absolute Gasteiger partial charge is 0.162 e. The van der Waals surface area contributed by atoms with Gasteiger partial charge in [-0.1, -0.05) is 0 Å². The molecule has 0 radical (unpaired) electrons. The van der Waals surface area contributed by atoms with Crippen molar-refractivity contribution >= 4 is 5.69 Å². The Morgan fingerprint density at radius 3 is 2.89 bits per heavy atom. The van der Waals surface area contributed by atoms with Crippen LogP contribution in [0.15, 0.2) is 24.4 Å². The highest BCUT2D eigenvalue weighted by atomic mass is 19.1. The van der Waals surface area contributed by atoms with Crippen molar-refractivity contribution in [2.45, 2.75) is 6.10 Å². The fourth-order valence-electron chi connectivity index (χ4n) is 1.83. The number of nitrogens with zero attached hydrogens (tertiary/aromatic N) is 2. The third-order valence-corrected chi connectivity index (χ3v) is 2.77. The first-order valence-corrected chi connectivity index (χ1v) is 5.33. The van der Waals surface area contributed by atoms with Gasteiger partial charge in [-0.2, -0.15) is 5.10 Å². The van der Waals surface area contributed by atoms with Crippen molar-refractivity contribution in [1.82, 2.24) is 9.78 Å². The summed E-state index contributed by atoms with van der Waals surface area (Å²) in [5.41, 5.74) is 6.77. The van der Waals surface area contributed by atoms with E-state index in [9.17, 15) is 9.50 Å². The van der Waals surface area contributed by atoms with Crippen LogP contribution >= 0.6 is 0 Å². The number of aryl methyl sites for hydroxylation is 1. The maximum Gasteiger partial charge on any atom is 0.162 e. The Hall–Kier alpha value is -2.08. The second-order valence-corrected chi connectivity index (χ2v) is 3.90. The number of aromatic nitrogens is 2. The second-order valence-electron chi connectivity index (χ2n) is 3.90. The van der Waals surface area contributed by atoms with Crippen molar-refractivity contribution in [3.63, 3.8) is 0 Å². The molecule has 2 rings (SSSR count). The van der Waals surface area contributed by atoms with Crippen molar-refractivity contribution in [3.8, 4) is 5.75 Å². The molecule has 0 saturated carbocycles. The number of benzene rings is 1. The Morgan fingerprint density at radius 2 is 2.22 bits per heavy atom. The molecule has 0 aliphatic rings. The molecule has 6 heteroatoms. The van der Waals surface area contributed by atoms with Gasteiger partial charge in [0.05, 0.1) is 13.3 Å². The average molecular weight is 251 g/mol. The molecule has 0 bridgehead atoms. The highest BCUT2D eigenvalue weighted by Gasteiger charge is 2.22. The van der Waals surface area contributed by atoms with E-state index in [0.29, 0.717) is 17.1 Å². The van der Waals surface area contributed by atoms with Crippen molar-refractivity contribution in [3.05, 3.63) is 41.5 Å². The number of methoxy groups -OCH3 is 1. The van der Waals surface area contributed by atoms with Gasteiger partial charge in [0.1, 0.15) is 17.6 Å². The monoisotopic (exact) mass is 251 g/mol. The van der Waals surface area contributed by atoms with E-state index in [1.54, 1.807) is 7.05 Å². The lowest BCUT2D eigenvalue weighted by Gasteiger charge is -2.15. The van der Waals surface area contributed by atoms with Crippen LogP contribution in [0.25, 0.3) is 0 Å². The number of rotatable bonds is 3. The lowest BCUT2D eigenvalue weighted by Crippen LogP contribution is -2.10. The van der Waals surface area contributed by atoms with Crippen LogP contribution in [-0.2, 0) is 7.05 Å². The van der Waals surface area contributed by atoms with Crippen LogP contribution in [0.1, 0.15) is 17.4 Å². The Bertz CT molecular complexity index is 568. The zero-order chi connectivity index (χ0) is 13.3. The first kappa shape index (κ1) is 12.4. The molecule has 1 aromatic carbocycles. The molecule has 0 spiro atoms. The summed E-state index contributed by atoms with van der Waals surface area (Å²) in [7, 11) is 3.14. The maximum atomic E-state index is 13.2. The van der Waals surface area contributed by atoms with Gasteiger partial charge in [-0.05, 0) is 18.2 Å². The number of hydrogen-bond donors (Lipinski definition) is 2. The average Bonchev–Trinajstić information content (AvgIpc) is 2.72. The standard InChI is InChI=1S/C12H14FN3O2/c1-16-11(10(18-2)6-15-16)12(17)8-5-7(13)3-4-9(8)14/h3-6,12,17H,14H2,1-2H3. The van der Waals surface area contributed by atoms with E-state index < -0.39 is 11.9 Å². The molecule has 0 amide bonds. The third kappa shape index (κ3) is 2.02. The normalized spacial score (nSPS) is 12.4. The summed E-state index contributed by atoms with van der Waals surface area (Å²) in [5.74, 6) is -0.0342. The number of aliphatic hydroxyl groups is 1. The fourth-order valence-corrected chi connectivity index (χ4v) is 1.83. The number of nitrogen functional groups attached to an aromatic ring is 1. The number of aliphatic hydroxyl groups excluding tert-OH is 1. The lowest BCUT2D eigenvalue weighted by atomic mass is 10.0. The van der Waals surface area contributed by atoms with Crippen LogP contribution in [0.5, 0.6) is 5.75 Å². The van der Waals surface area contributed by atoms with Crippen LogP contribution in [0.3, 0.4) is 0 Å². The number of nitrogens with two attached hydrogens (primary N) is 1. The lowest BCUT2D eigenvalue weighted by molar-refractivity contribution is 0.204. The molecule has 0 aliphatic heterocycles. The quantitative estimate of drug-likeness (QED) is 0.805. The highest BCUT2D eigenvalue weighted by molar-refractivity contribution is 5.51. The molecular weight excluding hydrogens is 237 g/mol. The Labute approximate surface area is 104 Å². The van der Waals surface area contributed by atoms with Crippen molar-refractivity contribution in [2.24, 2.45) is 7.05 Å². The summed E-state index contributed by atoms with van der Waals surface area (Å²) in [5, 5.41) is 14.3. The first-order valence-electron chi connectivity index (χ1n) is 5.33. The van der Waals surface area contributed by atoms with Crippen LogP contribution in [0.4, 0.5) is 10.1 Å².